The third kappa shape index (κ3) is 30.6. The molecular weight excluding hydrogens is 266 g/mol. The molecule has 0 saturated heterocycles. The van der Waals surface area contributed by atoms with Gasteiger partial charge in [-0.25, -0.2) is 8.42 Å². The Hall–Kier alpha value is 2.61. The molecule has 0 aliphatic heterocycles. The van der Waals surface area contributed by atoms with Gasteiger partial charge in [-0.3, -0.25) is 0 Å². The Morgan fingerprint density at radius 2 is 1.33 bits per heavy atom. The Labute approximate surface area is 102 Å². The summed E-state index contributed by atoms with van der Waals surface area (Å²) in [6.45, 7) is 0. The fraction of sp³-hybridized carbons (Fsp3) is 0. The van der Waals surface area contributed by atoms with Crippen molar-refractivity contribution in [3.8, 4) is 0 Å². The zero-order valence-electron chi connectivity index (χ0n) is 3.02. The van der Waals surface area contributed by atoms with Gasteiger partial charge in [0.2, 0.25) is 9.92 Å². The van der Waals surface area contributed by atoms with Gasteiger partial charge < -0.3 is 24.0 Å². The molecular formula is HClIKO2S. The molecule has 34 valence electrons. The summed E-state index contributed by atoms with van der Waals surface area (Å²) >= 11 is 0. The van der Waals surface area contributed by atoms with Crippen molar-refractivity contribution in [3.05, 3.63) is 0 Å². The van der Waals surface area contributed by atoms with Crippen molar-refractivity contribution in [1.82, 2.24) is 0 Å². The van der Waals surface area contributed by atoms with Crippen LogP contribution in [0.25, 0.3) is 0 Å². The van der Waals surface area contributed by atoms with E-state index in [4.69, 9.17) is 8.42 Å². The van der Waals surface area contributed by atoms with E-state index in [9.17, 15) is 0 Å². The Bertz CT molecular complexity index is 61.9. The smallest absolute Gasteiger partial charge is 1.00 e. The van der Waals surface area contributed by atoms with Gasteiger partial charge in [0.25, 0.3) is 0 Å². The first-order chi connectivity index (χ1) is 1.73. The van der Waals surface area contributed by atoms with Crippen LogP contribution in [0.4, 0.5) is 0 Å². The van der Waals surface area contributed by atoms with Crippen LogP contribution in [0.2, 0.25) is 0 Å². The molecule has 0 atom stereocenters. The molecule has 0 fully saturated rings. The summed E-state index contributed by atoms with van der Waals surface area (Å²) in [7, 11) is 1.58. The van der Waals surface area contributed by atoms with Crippen molar-refractivity contribution in [2.24, 2.45) is 0 Å². The minimum Gasteiger partial charge on any atom is -1.00 e. The van der Waals surface area contributed by atoms with Crippen LogP contribution < -0.4 is 75.4 Å². The van der Waals surface area contributed by atoms with E-state index in [2.05, 4.69) is 10.7 Å². The second-order valence-corrected chi connectivity index (χ2v) is 1.47. The van der Waals surface area contributed by atoms with Gasteiger partial charge in [0.15, 0.2) is 0 Å². The van der Waals surface area contributed by atoms with E-state index >= 15 is 0 Å². The molecule has 0 aromatic heterocycles. The van der Waals surface area contributed by atoms with Crippen LogP contribution in [0.3, 0.4) is 0 Å². The van der Waals surface area contributed by atoms with Gasteiger partial charge in [-0.2, -0.15) is 0 Å². The van der Waals surface area contributed by atoms with E-state index < -0.39 is 9.92 Å². The van der Waals surface area contributed by atoms with E-state index in [1.54, 1.807) is 0 Å². The maximum absolute atomic E-state index is 8.80. The largest absolute Gasteiger partial charge is 1.00 e. The fourth-order valence-electron chi connectivity index (χ4n) is 0. The second-order valence-electron chi connectivity index (χ2n) is 0.213. The molecule has 0 rings (SSSR count). The van der Waals surface area contributed by atoms with Crippen molar-refractivity contribution >= 4 is 20.6 Å². The molecule has 0 aliphatic carbocycles. The average Bonchev–Trinajstić information content (AvgIpc) is 0.811. The van der Waals surface area contributed by atoms with Gasteiger partial charge in [-0.05, 0) is 0 Å². The normalized spacial score (nSPS) is 5.67. The van der Waals surface area contributed by atoms with Crippen LogP contribution in [-0.4, -0.2) is 8.42 Å². The van der Waals surface area contributed by atoms with Gasteiger partial charge in [-0.1, -0.05) is 0 Å². The summed E-state index contributed by atoms with van der Waals surface area (Å²) in [6, 6.07) is 0. The van der Waals surface area contributed by atoms with E-state index in [0.29, 0.717) is 0 Å². The standard InChI is InChI=1S/ClHO2S.HI.K/c1-4(2)3;;/h4H;1H;/q;;+1/p-1. The molecule has 0 unspecified atom stereocenters. The third-order valence-corrected chi connectivity index (χ3v) is 0. The van der Waals surface area contributed by atoms with Crippen molar-refractivity contribution in [3.63, 3.8) is 0 Å². The zero-order valence-corrected chi connectivity index (χ0v) is 9.95. The SMILES string of the molecule is O=[SH](=O)Cl.[I-].[K+]. The fourth-order valence-corrected chi connectivity index (χ4v) is 0. The first kappa shape index (κ1) is 15.8. The average molecular weight is 267 g/mol. The number of halogens is 2. The molecule has 6 heavy (non-hydrogen) atoms. The summed E-state index contributed by atoms with van der Waals surface area (Å²) in [4.78, 5) is 0. The monoisotopic (exact) mass is 266 g/mol. The molecule has 0 radical (unpaired) electrons. The number of hydrogen-bond donors (Lipinski definition) is 1. The second kappa shape index (κ2) is 10.6. The number of rotatable bonds is 0. The summed E-state index contributed by atoms with van der Waals surface area (Å²) < 4.78 is 17.6. The topological polar surface area (TPSA) is 34.1 Å². The number of hydrogen-bond acceptors (Lipinski definition) is 2. The Morgan fingerprint density at radius 3 is 1.33 bits per heavy atom. The van der Waals surface area contributed by atoms with Crippen molar-refractivity contribution in [2.45, 2.75) is 0 Å². The van der Waals surface area contributed by atoms with Crippen LogP contribution in [0.1, 0.15) is 0 Å². The molecule has 0 aromatic carbocycles. The molecule has 0 saturated carbocycles. The molecule has 0 heterocycles. The Morgan fingerprint density at radius 1 is 1.33 bits per heavy atom. The van der Waals surface area contributed by atoms with Gasteiger partial charge >= 0.3 is 51.4 Å². The van der Waals surface area contributed by atoms with Crippen LogP contribution in [0.5, 0.6) is 0 Å². The van der Waals surface area contributed by atoms with Gasteiger partial charge in [0, 0.05) is 10.7 Å². The maximum atomic E-state index is 8.80. The molecule has 0 N–H and O–H groups in total. The van der Waals surface area contributed by atoms with E-state index in [0.717, 1.165) is 0 Å². The Balaban J connectivity index is -0.0000000450. The molecule has 2 nitrogen and oxygen atoms in total. The quantitative estimate of drug-likeness (QED) is 0.205. The van der Waals surface area contributed by atoms with E-state index in [1.807, 2.05) is 0 Å². The first-order valence-electron chi connectivity index (χ1n) is 0.534. The maximum Gasteiger partial charge on any atom is 1.00 e. The summed E-state index contributed by atoms with van der Waals surface area (Å²) in [5.74, 6) is 0. The van der Waals surface area contributed by atoms with Crippen LogP contribution in [0.15, 0.2) is 0 Å². The molecule has 6 heteroatoms. The van der Waals surface area contributed by atoms with Crippen LogP contribution in [0, 0.1) is 0 Å². The minimum absolute atomic E-state index is 0. The number of thiol groups is 1. The van der Waals surface area contributed by atoms with Crippen molar-refractivity contribution in [1.29, 1.82) is 0 Å². The third-order valence-electron chi connectivity index (χ3n) is 0. The zero-order chi connectivity index (χ0) is 3.58. The molecule has 0 amide bonds. The van der Waals surface area contributed by atoms with E-state index in [1.165, 1.54) is 0 Å². The molecule has 0 bridgehead atoms. The first-order valence-corrected chi connectivity index (χ1v) is 2.62. The summed E-state index contributed by atoms with van der Waals surface area (Å²) in [5.41, 5.74) is 0. The van der Waals surface area contributed by atoms with Gasteiger partial charge in [-0.15, -0.1) is 0 Å². The van der Waals surface area contributed by atoms with E-state index in [-0.39, 0.29) is 75.4 Å². The van der Waals surface area contributed by atoms with Crippen LogP contribution in [-0.2, 0) is 9.92 Å². The summed E-state index contributed by atoms with van der Waals surface area (Å²) in [5, 5.41) is 0. The molecule has 0 aromatic rings. The molecule has 0 aliphatic rings. The van der Waals surface area contributed by atoms with Crippen LogP contribution >= 0.6 is 10.7 Å². The summed E-state index contributed by atoms with van der Waals surface area (Å²) in [6.07, 6.45) is 0. The molecule has 0 spiro atoms. The predicted molar refractivity (Wildman–Crippen MR) is 16.2 cm³/mol. The Kier molecular flexibility index (Phi) is 27.9. The van der Waals surface area contributed by atoms with Gasteiger partial charge in [0.1, 0.15) is 0 Å². The predicted octanol–water partition coefficient (Wildman–Crippen LogP) is -6.24. The van der Waals surface area contributed by atoms with Crippen molar-refractivity contribution in [2.75, 3.05) is 0 Å². The van der Waals surface area contributed by atoms with Gasteiger partial charge in [0.05, 0.1) is 0 Å². The minimum atomic E-state index is -2.65. The van der Waals surface area contributed by atoms with Crippen molar-refractivity contribution < 1.29 is 83.8 Å².